The maximum absolute atomic E-state index is 5.49. The number of nitrogens with zero attached hydrogens (tertiary/aromatic N) is 2. The van der Waals surface area contributed by atoms with E-state index in [9.17, 15) is 0 Å². The summed E-state index contributed by atoms with van der Waals surface area (Å²) in [5, 5.41) is 0. The van der Waals surface area contributed by atoms with E-state index in [1.807, 2.05) is 18.3 Å². The summed E-state index contributed by atoms with van der Waals surface area (Å²) in [6.07, 6.45) is 4.56. The quantitative estimate of drug-likeness (QED) is 0.784. The molecular formula is C11H15N3S. The average Bonchev–Trinajstić information content (AvgIpc) is 3.02. The standard InChI is InChI=1S/C11H15N3S/c1-14(7-8-2-3-8)9-4-5-10(11(12)15)13-6-9/h4-6,8H,2-3,7H2,1H3,(H2,12,15). The fourth-order valence-corrected chi connectivity index (χ4v) is 1.67. The van der Waals surface area contributed by atoms with Crippen molar-refractivity contribution in [1.82, 2.24) is 4.98 Å². The molecule has 1 fully saturated rings. The monoisotopic (exact) mass is 221 g/mol. The third-order valence-corrected chi connectivity index (χ3v) is 2.88. The molecule has 1 aliphatic rings. The molecule has 1 saturated carbocycles. The largest absolute Gasteiger partial charge is 0.388 e. The van der Waals surface area contributed by atoms with Crippen LogP contribution < -0.4 is 10.6 Å². The van der Waals surface area contributed by atoms with Crippen LogP contribution in [-0.4, -0.2) is 23.6 Å². The van der Waals surface area contributed by atoms with Crippen molar-refractivity contribution in [2.24, 2.45) is 11.7 Å². The third-order valence-electron chi connectivity index (χ3n) is 2.67. The highest BCUT2D eigenvalue weighted by atomic mass is 32.1. The first-order valence-corrected chi connectivity index (χ1v) is 5.54. The van der Waals surface area contributed by atoms with Crippen LogP contribution in [0, 0.1) is 5.92 Å². The van der Waals surface area contributed by atoms with Crippen LogP contribution in [0.5, 0.6) is 0 Å². The van der Waals surface area contributed by atoms with Crippen molar-refractivity contribution in [3.05, 3.63) is 24.0 Å². The Morgan fingerprint density at radius 1 is 1.60 bits per heavy atom. The molecule has 15 heavy (non-hydrogen) atoms. The Hall–Kier alpha value is -1.16. The van der Waals surface area contributed by atoms with Crippen molar-refractivity contribution in [3.63, 3.8) is 0 Å². The molecule has 1 aliphatic carbocycles. The van der Waals surface area contributed by atoms with Crippen LogP contribution in [-0.2, 0) is 0 Å². The summed E-state index contributed by atoms with van der Waals surface area (Å²) >= 11 is 4.85. The van der Waals surface area contributed by atoms with Gasteiger partial charge in [0.05, 0.1) is 17.6 Å². The van der Waals surface area contributed by atoms with Crippen LogP contribution in [0.25, 0.3) is 0 Å². The van der Waals surface area contributed by atoms with Gasteiger partial charge in [-0.05, 0) is 30.9 Å². The van der Waals surface area contributed by atoms with Crippen LogP contribution in [0.15, 0.2) is 18.3 Å². The summed E-state index contributed by atoms with van der Waals surface area (Å²) in [4.78, 5) is 6.80. The van der Waals surface area contributed by atoms with E-state index in [2.05, 4.69) is 16.9 Å². The smallest absolute Gasteiger partial charge is 0.122 e. The van der Waals surface area contributed by atoms with E-state index in [4.69, 9.17) is 18.0 Å². The molecule has 2 N–H and O–H groups in total. The molecule has 1 aromatic rings. The maximum Gasteiger partial charge on any atom is 0.122 e. The molecule has 0 atom stereocenters. The molecule has 4 heteroatoms. The predicted octanol–water partition coefficient (Wildman–Crippen LogP) is 1.56. The Bertz CT molecular complexity index is 357. The molecule has 3 nitrogen and oxygen atoms in total. The molecule has 0 spiro atoms. The fourth-order valence-electron chi connectivity index (χ4n) is 1.55. The molecule has 0 saturated heterocycles. The van der Waals surface area contributed by atoms with Gasteiger partial charge in [0.2, 0.25) is 0 Å². The Morgan fingerprint density at radius 3 is 2.80 bits per heavy atom. The molecule has 1 heterocycles. The number of rotatable bonds is 4. The number of aromatic nitrogens is 1. The van der Waals surface area contributed by atoms with Crippen molar-refractivity contribution in [2.45, 2.75) is 12.8 Å². The Labute approximate surface area is 95.3 Å². The Morgan fingerprint density at radius 2 is 2.33 bits per heavy atom. The molecule has 0 radical (unpaired) electrons. The van der Waals surface area contributed by atoms with Crippen molar-refractivity contribution in [2.75, 3.05) is 18.5 Å². The van der Waals surface area contributed by atoms with Gasteiger partial charge >= 0.3 is 0 Å². The van der Waals surface area contributed by atoms with Gasteiger partial charge in [0, 0.05) is 13.6 Å². The molecule has 0 unspecified atom stereocenters. The number of pyridine rings is 1. The van der Waals surface area contributed by atoms with Gasteiger partial charge in [-0.15, -0.1) is 0 Å². The molecule has 0 bridgehead atoms. The van der Waals surface area contributed by atoms with Crippen LogP contribution in [0.3, 0.4) is 0 Å². The normalized spacial score (nSPS) is 15.0. The maximum atomic E-state index is 5.49. The lowest BCUT2D eigenvalue weighted by molar-refractivity contribution is 0.786. The first kappa shape index (κ1) is 10.4. The zero-order valence-electron chi connectivity index (χ0n) is 8.81. The first-order valence-electron chi connectivity index (χ1n) is 5.14. The van der Waals surface area contributed by atoms with Crippen molar-refractivity contribution in [3.8, 4) is 0 Å². The van der Waals surface area contributed by atoms with Crippen molar-refractivity contribution < 1.29 is 0 Å². The summed E-state index contributed by atoms with van der Waals surface area (Å²) in [5.74, 6) is 0.880. The predicted molar refractivity (Wildman–Crippen MR) is 66.1 cm³/mol. The van der Waals surface area contributed by atoms with Gasteiger partial charge in [0.25, 0.3) is 0 Å². The van der Waals surface area contributed by atoms with Crippen molar-refractivity contribution >= 4 is 22.9 Å². The number of nitrogens with two attached hydrogens (primary N) is 1. The van der Waals surface area contributed by atoms with E-state index in [1.54, 1.807) is 0 Å². The molecule has 0 aromatic carbocycles. The summed E-state index contributed by atoms with van der Waals surface area (Å²) in [6, 6.07) is 3.89. The Balaban J connectivity index is 2.04. The second-order valence-corrected chi connectivity index (χ2v) is 4.53. The van der Waals surface area contributed by atoms with Gasteiger partial charge in [-0.1, -0.05) is 12.2 Å². The SMILES string of the molecule is CN(CC1CC1)c1ccc(C(N)=S)nc1. The third kappa shape index (κ3) is 2.65. The van der Waals surface area contributed by atoms with Gasteiger partial charge in [0.15, 0.2) is 0 Å². The van der Waals surface area contributed by atoms with Gasteiger partial charge in [-0.3, -0.25) is 4.98 Å². The fraction of sp³-hybridized carbons (Fsp3) is 0.455. The lowest BCUT2D eigenvalue weighted by Gasteiger charge is -2.18. The second-order valence-electron chi connectivity index (χ2n) is 4.09. The number of anilines is 1. The minimum absolute atomic E-state index is 0.353. The van der Waals surface area contributed by atoms with E-state index in [-0.39, 0.29) is 0 Å². The van der Waals surface area contributed by atoms with E-state index >= 15 is 0 Å². The molecule has 80 valence electrons. The van der Waals surface area contributed by atoms with Gasteiger partial charge in [0.1, 0.15) is 4.99 Å². The minimum atomic E-state index is 0.353. The number of hydrogen-bond acceptors (Lipinski definition) is 3. The Kier molecular flexibility index (Phi) is 2.86. The van der Waals surface area contributed by atoms with Crippen LogP contribution in [0.4, 0.5) is 5.69 Å². The average molecular weight is 221 g/mol. The van der Waals surface area contributed by atoms with Crippen molar-refractivity contribution in [1.29, 1.82) is 0 Å². The lowest BCUT2D eigenvalue weighted by atomic mass is 10.3. The summed E-state index contributed by atoms with van der Waals surface area (Å²) in [6.45, 7) is 1.12. The highest BCUT2D eigenvalue weighted by molar-refractivity contribution is 7.80. The van der Waals surface area contributed by atoms with E-state index in [1.165, 1.54) is 12.8 Å². The summed E-state index contributed by atoms with van der Waals surface area (Å²) in [7, 11) is 2.09. The van der Waals surface area contributed by atoms with Gasteiger partial charge < -0.3 is 10.6 Å². The molecule has 2 rings (SSSR count). The summed E-state index contributed by atoms with van der Waals surface area (Å²) in [5.41, 5.74) is 7.30. The summed E-state index contributed by atoms with van der Waals surface area (Å²) < 4.78 is 0. The molecule has 0 aliphatic heterocycles. The van der Waals surface area contributed by atoms with E-state index < -0.39 is 0 Å². The van der Waals surface area contributed by atoms with E-state index in [0.717, 1.165) is 18.2 Å². The number of thiocarbonyl (C=S) groups is 1. The first-order chi connectivity index (χ1) is 7.16. The van der Waals surface area contributed by atoms with Crippen LogP contribution in [0.2, 0.25) is 0 Å². The van der Waals surface area contributed by atoms with E-state index in [0.29, 0.717) is 10.7 Å². The zero-order chi connectivity index (χ0) is 10.8. The zero-order valence-corrected chi connectivity index (χ0v) is 9.63. The second kappa shape index (κ2) is 4.14. The van der Waals surface area contributed by atoms with Gasteiger partial charge in [-0.2, -0.15) is 0 Å². The molecule has 1 aromatic heterocycles. The number of hydrogen-bond donors (Lipinski definition) is 1. The molecular weight excluding hydrogens is 206 g/mol. The highest BCUT2D eigenvalue weighted by Crippen LogP contribution is 2.30. The minimum Gasteiger partial charge on any atom is -0.388 e. The van der Waals surface area contributed by atoms with Gasteiger partial charge in [-0.25, -0.2) is 0 Å². The van der Waals surface area contributed by atoms with Crippen LogP contribution >= 0.6 is 12.2 Å². The lowest BCUT2D eigenvalue weighted by Crippen LogP contribution is -2.20. The topological polar surface area (TPSA) is 42.1 Å². The molecule has 0 amide bonds. The highest BCUT2D eigenvalue weighted by Gasteiger charge is 2.22. The van der Waals surface area contributed by atoms with Crippen LogP contribution in [0.1, 0.15) is 18.5 Å².